The lowest BCUT2D eigenvalue weighted by atomic mass is 9.86. The summed E-state index contributed by atoms with van der Waals surface area (Å²) in [5.41, 5.74) is 3.25. The minimum absolute atomic E-state index is 0.0240. The molecule has 152 valence electrons. The molecule has 6 nitrogen and oxygen atoms in total. The van der Waals surface area contributed by atoms with Crippen LogP contribution >= 0.6 is 15.9 Å². The molecule has 2 heterocycles. The maximum atomic E-state index is 12.4. The van der Waals surface area contributed by atoms with Crippen LogP contribution in [0.3, 0.4) is 0 Å². The molecule has 29 heavy (non-hydrogen) atoms. The first-order valence-electron chi connectivity index (χ1n) is 9.46. The Morgan fingerprint density at radius 1 is 1.10 bits per heavy atom. The minimum Gasteiger partial charge on any atom is -0.349 e. The van der Waals surface area contributed by atoms with Gasteiger partial charge in [-0.05, 0) is 58.1 Å². The van der Waals surface area contributed by atoms with Crippen molar-refractivity contribution in [2.45, 2.75) is 45.7 Å². The predicted octanol–water partition coefficient (Wildman–Crippen LogP) is 3.83. The molecule has 2 N–H and O–H groups in total. The SMILES string of the molecule is CC(NC(=O)c1ccc(C(C)(C)C)cc1)C(=O)NCc1cn2cc(Br)ccc2n1. The zero-order chi connectivity index (χ0) is 21.2. The molecule has 0 bridgehead atoms. The summed E-state index contributed by atoms with van der Waals surface area (Å²) in [5, 5.41) is 5.56. The molecule has 2 amide bonds. The summed E-state index contributed by atoms with van der Waals surface area (Å²) >= 11 is 3.42. The maximum Gasteiger partial charge on any atom is 0.251 e. The van der Waals surface area contributed by atoms with Gasteiger partial charge >= 0.3 is 0 Å². The Morgan fingerprint density at radius 2 is 1.79 bits per heavy atom. The Labute approximate surface area is 178 Å². The number of rotatable bonds is 5. The first-order chi connectivity index (χ1) is 13.6. The molecular weight excluding hydrogens is 432 g/mol. The van der Waals surface area contributed by atoms with Gasteiger partial charge in [-0.25, -0.2) is 4.98 Å². The van der Waals surface area contributed by atoms with E-state index in [4.69, 9.17) is 0 Å². The molecule has 0 aliphatic rings. The van der Waals surface area contributed by atoms with E-state index < -0.39 is 6.04 Å². The van der Waals surface area contributed by atoms with Crippen molar-refractivity contribution in [3.8, 4) is 0 Å². The Balaban J connectivity index is 1.56. The molecule has 7 heteroatoms. The fraction of sp³-hybridized carbons (Fsp3) is 0.318. The standard InChI is InChI=1S/C22H25BrN4O2/c1-14(25-21(29)15-5-7-16(8-6-15)22(2,3)4)20(28)24-11-18-13-27-12-17(23)9-10-19(27)26-18/h5-10,12-14H,11H2,1-4H3,(H,24,28)(H,25,29). The molecule has 1 aromatic carbocycles. The molecule has 2 aromatic heterocycles. The van der Waals surface area contributed by atoms with Crippen LogP contribution in [0.15, 0.2) is 53.3 Å². The van der Waals surface area contributed by atoms with Crippen LogP contribution in [0, 0.1) is 0 Å². The van der Waals surface area contributed by atoms with Crippen molar-refractivity contribution < 1.29 is 9.59 Å². The minimum atomic E-state index is -0.657. The van der Waals surface area contributed by atoms with Gasteiger partial charge in [-0.1, -0.05) is 32.9 Å². The van der Waals surface area contributed by atoms with E-state index >= 15 is 0 Å². The number of carbonyl (C=O) groups is 2. The first kappa shape index (κ1) is 21.0. The normalized spacial score (nSPS) is 12.6. The molecule has 3 rings (SSSR count). The number of hydrogen-bond donors (Lipinski definition) is 2. The lowest BCUT2D eigenvalue weighted by Crippen LogP contribution is -2.44. The second-order valence-corrected chi connectivity index (χ2v) is 9.00. The van der Waals surface area contributed by atoms with Gasteiger partial charge in [0, 0.05) is 22.4 Å². The van der Waals surface area contributed by atoms with E-state index in [1.807, 2.05) is 41.1 Å². The monoisotopic (exact) mass is 456 g/mol. The summed E-state index contributed by atoms with van der Waals surface area (Å²) in [7, 11) is 0. The third-order valence-electron chi connectivity index (χ3n) is 4.66. The third kappa shape index (κ3) is 5.23. The van der Waals surface area contributed by atoms with E-state index in [9.17, 15) is 9.59 Å². The molecule has 0 aliphatic heterocycles. The summed E-state index contributed by atoms with van der Waals surface area (Å²) in [4.78, 5) is 29.3. The summed E-state index contributed by atoms with van der Waals surface area (Å²) in [6.07, 6.45) is 3.77. The highest BCUT2D eigenvalue weighted by Crippen LogP contribution is 2.22. The highest BCUT2D eigenvalue weighted by molar-refractivity contribution is 9.10. The largest absolute Gasteiger partial charge is 0.349 e. The average Bonchev–Trinajstić information content (AvgIpc) is 3.07. The van der Waals surface area contributed by atoms with Gasteiger partial charge in [0.05, 0.1) is 12.2 Å². The average molecular weight is 457 g/mol. The summed E-state index contributed by atoms with van der Waals surface area (Å²) < 4.78 is 2.84. The Bertz CT molecular complexity index is 1040. The van der Waals surface area contributed by atoms with Gasteiger partial charge in [0.2, 0.25) is 5.91 Å². The second-order valence-electron chi connectivity index (χ2n) is 8.09. The zero-order valence-electron chi connectivity index (χ0n) is 17.0. The predicted molar refractivity (Wildman–Crippen MR) is 117 cm³/mol. The Kier molecular flexibility index (Phi) is 6.07. The quantitative estimate of drug-likeness (QED) is 0.612. The number of carbonyl (C=O) groups excluding carboxylic acids is 2. The van der Waals surface area contributed by atoms with E-state index in [-0.39, 0.29) is 17.2 Å². The van der Waals surface area contributed by atoms with Crippen molar-refractivity contribution in [3.63, 3.8) is 0 Å². The second kappa shape index (κ2) is 8.37. The van der Waals surface area contributed by atoms with Gasteiger partial charge < -0.3 is 15.0 Å². The van der Waals surface area contributed by atoms with Crippen LogP contribution in [0.5, 0.6) is 0 Å². The van der Waals surface area contributed by atoms with Gasteiger partial charge in [-0.15, -0.1) is 0 Å². The van der Waals surface area contributed by atoms with E-state index in [0.717, 1.165) is 21.4 Å². The van der Waals surface area contributed by atoms with E-state index in [2.05, 4.69) is 52.3 Å². The van der Waals surface area contributed by atoms with Gasteiger partial charge in [0.25, 0.3) is 5.91 Å². The fourth-order valence-electron chi connectivity index (χ4n) is 2.90. The van der Waals surface area contributed by atoms with E-state index in [1.165, 1.54) is 0 Å². The van der Waals surface area contributed by atoms with Crippen LogP contribution in [0.4, 0.5) is 0 Å². The zero-order valence-corrected chi connectivity index (χ0v) is 18.6. The molecule has 0 radical (unpaired) electrons. The number of benzene rings is 1. The number of halogens is 1. The Morgan fingerprint density at radius 3 is 2.45 bits per heavy atom. The first-order valence-corrected chi connectivity index (χ1v) is 10.2. The van der Waals surface area contributed by atoms with Crippen LogP contribution in [0.1, 0.15) is 49.3 Å². The number of pyridine rings is 1. The number of nitrogens with zero attached hydrogens (tertiary/aromatic N) is 2. The van der Waals surface area contributed by atoms with Crippen LogP contribution in [0.25, 0.3) is 5.65 Å². The molecule has 0 aliphatic carbocycles. The van der Waals surface area contributed by atoms with Crippen molar-refractivity contribution in [1.29, 1.82) is 0 Å². The number of aromatic nitrogens is 2. The molecule has 0 spiro atoms. The fourth-order valence-corrected chi connectivity index (χ4v) is 3.25. The van der Waals surface area contributed by atoms with E-state index in [0.29, 0.717) is 12.1 Å². The van der Waals surface area contributed by atoms with Crippen molar-refractivity contribution in [2.24, 2.45) is 0 Å². The number of hydrogen-bond acceptors (Lipinski definition) is 3. The summed E-state index contributed by atoms with van der Waals surface area (Å²) in [5.74, 6) is -0.534. The molecule has 0 fully saturated rings. The lowest BCUT2D eigenvalue weighted by molar-refractivity contribution is -0.122. The van der Waals surface area contributed by atoms with Crippen LogP contribution in [-0.2, 0) is 16.8 Å². The molecule has 0 saturated carbocycles. The van der Waals surface area contributed by atoms with Gasteiger partial charge in [-0.2, -0.15) is 0 Å². The van der Waals surface area contributed by atoms with Crippen LogP contribution in [0.2, 0.25) is 0 Å². The van der Waals surface area contributed by atoms with Gasteiger partial charge in [-0.3, -0.25) is 9.59 Å². The van der Waals surface area contributed by atoms with Crippen molar-refractivity contribution in [3.05, 3.63) is 70.1 Å². The molecule has 1 unspecified atom stereocenters. The van der Waals surface area contributed by atoms with Gasteiger partial charge in [0.15, 0.2) is 0 Å². The topological polar surface area (TPSA) is 75.5 Å². The lowest BCUT2D eigenvalue weighted by Gasteiger charge is -2.19. The number of amides is 2. The van der Waals surface area contributed by atoms with Crippen LogP contribution in [-0.4, -0.2) is 27.2 Å². The third-order valence-corrected chi connectivity index (χ3v) is 5.13. The highest BCUT2D eigenvalue weighted by atomic mass is 79.9. The number of nitrogens with one attached hydrogen (secondary N) is 2. The van der Waals surface area contributed by atoms with Crippen molar-refractivity contribution in [2.75, 3.05) is 0 Å². The van der Waals surface area contributed by atoms with Crippen molar-refractivity contribution >= 4 is 33.4 Å². The number of imidazole rings is 1. The van der Waals surface area contributed by atoms with Crippen molar-refractivity contribution in [1.82, 2.24) is 20.0 Å². The molecule has 3 aromatic rings. The maximum absolute atomic E-state index is 12.4. The molecule has 1 atom stereocenters. The molecule has 0 saturated heterocycles. The highest BCUT2D eigenvalue weighted by Gasteiger charge is 2.18. The molecular formula is C22H25BrN4O2. The smallest absolute Gasteiger partial charge is 0.251 e. The summed E-state index contributed by atoms with van der Waals surface area (Å²) in [6.45, 7) is 8.32. The Hall–Kier alpha value is -2.67. The summed E-state index contributed by atoms with van der Waals surface area (Å²) in [6, 6.07) is 10.6. The van der Waals surface area contributed by atoms with Gasteiger partial charge in [0.1, 0.15) is 11.7 Å². The van der Waals surface area contributed by atoms with Crippen LogP contribution < -0.4 is 10.6 Å². The van der Waals surface area contributed by atoms with E-state index in [1.54, 1.807) is 19.1 Å². The number of fused-ring (bicyclic) bond motifs is 1.